The van der Waals surface area contributed by atoms with Crippen LogP contribution >= 0.6 is 0 Å². The topological polar surface area (TPSA) is 66.9 Å². The van der Waals surface area contributed by atoms with Crippen LogP contribution < -0.4 is 10.6 Å². The first-order valence-electron chi connectivity index (χ1n) is 7.68. The summed E-state index contributed by atoms with van der Waals surface area (Å²) in [5.41, 5.74) is 2.30. The largest absolute Gasteiger partial charge is 0.348 e. The molecule has 0 aliphatic heterocycles. The maximum atomic E-state index is 12.1. The number of nitrogens with one attached hydrogen (secondary N) is 2. The Morgan fingerprint density at radius 3 is 2.87 bits per heavy atom. The first kappa shape index (κ1) is 13.7. The minimum atomic E-state index is -0.112. The molecule has 1 amide bonds. The lowest BCUT2D eigenvalue weighted by Gasteiger charge is -2.08. The normalized spacial score (nSPS) is 13.7. The Kier molecular flexibility index (Phi) is 3.38. The second-order valence-corrected chi connectivity index (χ2v) is 5.69. The first-order valence-corrected chi connectivity index (χ1v) is 7.68. The zero-order valence-corrected chi connectivity index (χ0v) is 12.5. The van der Waals surface area contributed by atoms with Gasteiger partial charge in [-0.2, -0.15) is 0 Å². The summed E-state index contributed by atoms with van der Waals surface area (Å²) in [5.74, 6) is 0.538. The van der Waals surface area contributed by atoms with Crippen LogP contribution in [-0.4, -0.2) is 21.9 Å². The molecular formula is C18H16N4O. The van der Waals surface area contributed by atoms with Crippen molar-refractivity contribution in [2.24, 2.45) is 0 Å². The number of benzene rings is 1. The van der Waals surface area contributed by atoms with Crippen molar-refractivity contribution >= 4 is 28.3 Å². The molecule has 0 unspecified atom stereocenters. The molecule has 1 fully saturated rings. The van der Waals surface area contributed by atoms with Crippen molar-refractivity contribution in [3.05, 3.63) is 60.4 Å². The number of rotatable bonds is 4. The summed E-state index contributed by atoms with van der Waals surface area (Å²) in [6.07, 6.45) is 3.91. The van der Waals surface area contributed by atoms with E-state index in [0.29, 0.717) is 17.6 Å². The molecule has 0 saturated heterocycles. The van der Waals surface area contributed by atoms with Gasteiger partial charge in [-0.3, -0.25) is 9.78 Å². The van der Waals surface area contributed by atoms with Gasteiger partial charge >= 0.3 is 0 Å². The predicted octanol–water partition coefficient (Wildman–Crippen LogP) is 3.27. The molecule has 5 heteroatoms. The zero-order valence-electron chi connectivity index (χ0n) is 12.5. The van der Waals surface area contributed by atoms with Crippen molar-refractivity contribution in [1.82, 2.24) is 15.3 Å². The lowest BCUT2D eigenvalue weighted by atomic mass is 10.2. The quantitative estimate of drug-likeness (QED) is 0.776. The molecule has 2 aromatic heterocycles. The van der Waals surface area contributed by atoms with Gasteiger partial charge in [-0.1, -0.05) is 12.1 Å². The van der Waals surface area contributed by atoms with E-state index in [1.165, 1.54) is 0 Å². The maximum Gasteiger partial charge on any atom is 0.270 e. The number of hydrogen-bond acceptors (Lipinski definition) is 4. The second kappa shape index (κ2) is 5.68. The molecule has 114 valence electrons. The minimum absolute atomic E-state index is 0.112. The van der Waals surface area contributed by atoms with Crippen LogP contribution in [-0.2, 0) is 0 Å². The van der Waals surface area contributed by atoms with Crippen molar-refractivity contribution < 1.29 is 4.79 Å². The fourth-order valence-corrected chi connectivity index (χ4v) is 2.42. The Morgan fingerprint density at radius 2 is 2.00 bits per heavy atom. The second-order valence-electron chi connectivity index (χ2n) is 5.69. The van der Waals surface area contributed by atoms with Crippen molar-refractivity contribution in [3.8, 4) is 0 Å². The van der Waals surface area contributed by atoms with Crippen LogP contribution in [0.4, 0.5) is 11.5 Å². The number of fused-ring (bicyclic) bond motifs is 1. The van der Waals surface area contributed by atoms with E-state index in [0.717, 1.165) is 29.4 Å². The zero-order chi connectivity index (χ0) is 15.6. The molecule has 1 saturated carbocycles. The third kappa shape index (κ3) is 3.13. The number of carbonyl (C=O) groups is 1. The standard InChI is InChI=1S/C18H16N4O/c23-18(21-13-6-7-13)16-4-1-5-17(22-16)20-14-8-9-15-12(11-14)3-2-10-19-15/h1-5,8-11,13H,6-7H2,(H,20,22)(H,21,23). The van der Waals surface area contributed by atoms with Gasteiger partial charge in [0.1, 0.15) is 11.5 Å². The Morgan fingerprint density at radius 1 is 1.09 bits per heavy atom. The fraction of sp³-hybridized carbons (Fsp3) is 0.167. The predicted molar refractivity (Wildman–Crippen MR) is 89.8 cm³/mol. The van der Waals surface area contributed by atoms with Gasteiger partial charge in [0.05, 0.1) is 5.52 Å². The molecule has 23 heavy (non-hydrogen) atoms. The molecule has 0 atom stereocenters. The van der Waals surface area contributed by atoms with E-state index in [1.807, 2.05) is 42.5 Å². The minimum Gasteiger partial charge on any atom is -0.348 e. The van der Waals surface area contributed by atoms with Gasteiger partial charge in [0.25, 0.3) is 5.91 Å². The van der Waals surface area contributed by atoms with Crippen LogP contribution in [0.2, 0.25) is 0 Å². The van der Waals surface area contributed by atoms with Gasteiger partial charge in [-0.25, -0.2) is 4.98 Å². The van der Waals surface area contributed by atoms with Crippen LogP contribution in [0, 0.1) is 0 Å². The maximum absolute atomic E-state index is 12.1. The van der Waals surface area contributed by atoms with Gasteiger partial charge in [0.2, 0.25) is 0 Å². The number of anilines is 2. The summed E-state index contributed by atoms with van der Waals surface area (Å²) in [6.45, 7) is 0. The molecule has 0 radical (unpaired) electrons. The Labute approximate surface area is 133 Å². The number of carbonyl (C=O) groups excluding carboxylic acids is 1. The molecule has 2 heterocycles. The van der Waals surface area contributed by atoms with Crippen molar-refractivity contribution in [1.29, 1.82) is 0 Å². The van der Waals surface area contributed by atoms with Gasteiger partial charge in [-0.05, 0) is 49.2 Å². The van der Waals surface area contributed by atoms with Crippen molar-refractivity contribution in [3.63, 3.8) is 0 Å². The molecule has 1 aliphatic rings. The van der Waals surface area contributed by atoms with Gasteiger partial charge in [-0.15, -0.1) is 0 Å². The van der Waals surface area contributed by atoms with E-state index in [9.17, 15) is 4.79 Å². The van der Waals surface area contributed by atoms with E-state index in [2.05, 4.69) is 20.6 Å². The highest BCUT2D eigenvalue weighted by Gasteiger charge is 2.24. The van der Waals surface area contributed by atoms with Gasteiger partial charge in [0.15, 0.2) is 0 Å². The molecule has 0 bridgehead atoms. The molecule has 5 nitrogen and oxygen atoms in total. The highest BCUT2D eigenvalue weighted by atomic mass is 16.2. The monoisotopic (exact) mass is 304 g/mol. The third-order valence-electron chi connectivity index (χ3n) is 3.77. The Bertz CT molecular complexity index is 874. The lowest BCUT2D eigenvalue weighted by molar-refractivity contribution is 0.0946. The van der Waals surface area contributed by atoms with E-state index in [4.69, 9.17) is 0 Å². The summed E-state index contributed by atoms with van der Waals surface area (Å²) in [7, 11) is 0. The molecule has 3 aromatic rings. The highest BCUT2D eigenvalue weighted by Crippen LogP contribution is 2.21. The van der Waals surface area contributed by atoms with Crippen molar-refractivity contribution in [2.45, 2.75) is 18.9 Å². The molecule has 1 aromatic carbocycles. The highest BCUT2D eigenvalue weighted by molar-refractivity contribution is 5.93. The fourth-order valence-electron chi connectivity index (χ4n) is 2.42. The van der Waals surface area contributed by atoms with Crippen molar-refractivity contribution in [2.75, 3.05) is 5.32 Å². The average molecular weight is 304 g/mol. The van der Waals surface area contributed by atoms with Crippen LogP contribution in [0.25, 0.3) is 10.9 Å². The van der Waals surface area contributed by atoms with Gasteiger partial charge < -0.3 is 10.6 Å². The first-order chi connectivity index (χ1) is 11.3. The van der Waals surface area contributed by atoms with Crippen LogP contribution in [0.5, 0.6) is 0 Å². The number of aromatic nitrogens is 2. The number of pyridine rings is 2. The SMILES string of the molecule is O=C(NC1CC1)c1cccc(Nc2ccc3ncccc3c2)n1. The smallest absolute Gasteiger partial charge is 0.270 e. The van der Waals surface area contributed by atoms with E-state index >= 15 is 0 Å². The molecule has 1 aliphatic carbocycles. The summed E-state index contributed by atoms with van der Waals surface area (Å²) >= 11 is 0. The van der Waals surface area contributed by atoms with E-state index in [1.54, 1.807) is 12.3 Å². The Balaban J connectivity index is 1.56. The number of nitrogens with zero attached hydrogens (tertiary/aromatic N) is 2. The summed E-state index contributed by atoms with van der Waals surface area (Å²) in [4.78, 5) is 20.8. The summed E-state index contributed by atoms with van der Waals surface area (Å²) in [5, 5.41) is 7.24. The average Bonchev–Trinajstić information content (AvgIpc) is 3.39. The summed E-state index contributed by atoms with van der Waals surface area (Å²) in [6, 6.07) is 15.6. The van der Waals surface area contributed by atoms with Crippen LogP contribution in [0.3, 0.4) is 0 Å². The number of amides is 1. The molecule has 0 spiro atoms. The van der Waals surface area contributed by atoms with E-state index < -0.39 is 0 Å². The summed E-state index contributed by atoms with van der Waals surface area (Å²) < 4.78 is 0. The van der Waals surface area contributed by atoms with Gasteiger partial charge in [0, 0.05) is 23.3 Å². The van der Waals surface area contributed by atoms with E-state index in [-0.39, 0.29) is 5.91 Å². The molecule has 2 N–H and O–H groups in total. The lowest BCUT2D eigenvalue weighted by Crippen LogP contribution is -2.26. The molecular weight excluding hydrogens is 288 g/mol. The Hall–Kier alpha value is -2.95. The number of hydrogen-bond donors (Lipinski definition) is 2. The molecule has 4 rings (SSSR count). The third-order valence-corrected chi connectivity index (χ3v) is 3.77. The van der Waals surface area contributed by atoms with Crippen LogP contribution in [0.1, 0.15) is 23.3 Å². The van der Waals surface area contributed by atoms with Crippen LogP contribution in [0.15, 0.2) is 54.7 Å².